The Hall–Kier alpha value is -2.37. The molecule has 0 aliphatic carbocycles. The maximum atomic E-state index is 13.2. The molecule has 0 atom stereocenters. The lowest BCUT2D eigenvalue weighted by Gasteiger charge is -2.07. The zero-order chi connectivity index (χ0) is 14.7. The number of halogens is 1. The summed E-state index contributed by atoms with van der Waals surface area (Å²) in [5, 5.41) is 16.0. The predicted molar refractivity (Wildman–Crippen MR) is 69.9 cm³/mol. The fraction of sp³-hybridized carbons (Fsp3) is 0.286. The molecule has 0 unspecified atom stereocenters. The summed E-state index contributed by atoms with van der Waals surface area (Å²) >= 11 is 0. The Kier molecular flexibility index (Phi) is 4.02. The van der Waals surface area contributed by atoms with E-state index in [-0.39, 0.29) is 12.1 Å². The minimum Gasteiger partial charge on any atom is -0.504 e. The van der Waals surface area contributed by atoms with Crippen LogP contribution in [-0.4, -0.2) is 16.2 Å². The number of amides is 1. The van der Waals surface area contributed by atoms with E-state index in [1.165, 1.54) is 12.1 Å². The van der Waals surface area contributed by atoms with E-state index >= 15 is 0 Å². The van der Waals surface area contributed by atoms with Gasteiger partial charge in [-0.1, -0.05) is 18.1 Å². The van der Waals surface area contributed by atoms with Gasteiger partial charge in [-0.2, -0.15) is 0 Å². The molecule has 106 valence electrons. The van der Waals surface area contributed by atoms with Crippen LogP contribution in [0.4, 0.5) is 4.39 Å². The molecule has 0 spiro atoms. The highest BCUT2D eigenvalue weighted by Gasteiger charge is 2.16. The van der Waals surface area contributed by atoms with E-state index in [0.29, 0.717) is 12.2 Å². The summed E-state index contributed by atoms with van der Waals surface area (Å²) in [4.78, 5) is 11.9. The molecule has 1 heterocycles. The van der Waals surface area contributed by atoms with Gasteiger partial charge in [0, 0.05) is 12.1 Å². The van der Waals surface area contributed by atoms with Crippen LogP contribution < -0.4 is 5.32 Å². The van der Waals surface area contributed by atoms with E-state index in [9.17, 15) is 14.3 Å². The van der Waals surface area contributed by atoms with Crippen molar-refractivity contribution in [2.75, 3.05) is 0 Å². The first-order valence-corrected chi connectivity index (χ1v) is 6.24. The van der Waals surface area contributed by atoms with E-state index in [1.54, 1.807) is 6.92 Å². The third kappa shape index (κ3) is 2.64. The molecule has 1 amide bonds. The molecule has 0 radical (unpaired) electrons. The number of hydrogen-bond acceptors (Lipinski definition) is 4. The molecule has 2 N–H and O–H groups in total. The Labute approximate surface area is 115 Å². The number of nitrogens with one attached hydrogen (secondary N) is 1. The second kappa shape index (κ2) is 5.73. The number of hydrogen-bond donors (Lipinski definition) is 2. The maximum absolute atomic E-state index is 13.2. The van der Waals surface area contributed by atoms with Crippen LogP contribution in [0.3, 0.4) is 0 Å². The van der Waals surface area contributed by atoms with Crippen molar-refractivity contribution in [1.82, 2.24) is 10.5 Å². The lowest BCUT2D eigenvalue weighted by Crippen LogP contribution is -2.23. The first-order chi connectivity index (χ1) is 9.54. The number of nitrogens with zero attached hydrogens (tertiary/aromatic N) is 1. The van der Waals surface area contributed by atoms with Gasteiger partial charge in [0.05, 0.1) is 11.3 Å². The van der Waals surface area contributed by atoms with Crippen molar-refractivity contribution in [2.45, 2.75) is 26.8 Å². The Morgan fingerprint density at radius 1 is 1.50 bits per heavy atom. The number of carbonyl (C=O) groups is 1. The molecule has 1 aromatic carbocycles. The molecule has 2 aromatic rings. The second-order valence-electron chi connectivity index (χ2n) is 4.34. The number of carbonyl (C=O) groups excluding carboxylic acids is 1. The smallest absolute Gasteiger partial charge is 0.255 e. The van der Waals surface area contributed by atoms with Gasteiger partial charge in [0.25, 0.3) is 5.91 Å². The predicted octanol–water partition coefficient (Wildman–Crippen LogP) is 2.32. The monoisotopic (exact) mass is 278 g/mol. The van der Waals surface area contributed by atoms with Gasteiger partial charge < -0.3 is 14.9 Å². The van der Waals surface area contributed by atoms with E-state index in [0.717, 1.165) is 17.3 Å². The average molecular weight is 278 g/mol. The Morgan fingerprint density at radius 2 is 2.25 bits per heavy atom. The van der Waals surface area contributed by atoms with Crippen LogP contribution in [0.25, 0.3) is 0 Å². The number of rotatable bonds is 4. The summed E-state index contributed by atoms with van der Waals surface area (Å²) in [5.41, 5.74) is 1.47. The van der Waals surface area contributed by atoms with Crippen molar-refractivity contribution < 1.29 is 18.8 Å². The van der Waals surface area contributed by atoms with Gasteiger partial charge in [0.1, 0.15) is 5.76 Å². The van der Waals surface area contributed by atoms with E-state index < -0.39 is 17.5 Å². The van der Waals surface area contributed by atoms with Gasteiger partial charge in [-0.15, -0.1) is 0 Å². The highest BCUT2D eigenvalue weighted by molar-refractivity contribution is 5.96. The number of benzene rings is 1. The molecule has 20 heavy (non-hydrogen) atoms. The number of aromatic nitrogens is 1. The first kappa shape index (κ1) is 14.0. The minimum atomic E-state index is -0.826. The summed E-state index contributed by atoms with van der Waals surface area (Å²) in [6.45, 7) is 3.90. The van der Waals surface area contributed by atoms with Crippen molar-refractivity contribution in [3.63, 3.8) is 0 Å². The summed E-state index contributed by atoms with van der Waals surface area (Å²) in [6.07, 6.45) is 0.688. The number of aryl methyl sites for hydroxylation is 2. The molecule has 0 saturated carbocycles. The molecule has 0 aliphatic heterocycles. The van der Waals surface area contributed by atoms with Crippen LogP contribution in [0.2, 0.25) is 0 Å². The van der Waals surface area contributed by atoms with Crippen molar-refractivity contribution in [1.29, 1.82) is 0 Å². The summed E-state index contributed by atoms with van der Waals surface area (Å²) in [5.74, 6) is -1.40. The van der Waals surface area contributed by atoms with Crippen LogP contribution in [-0.2, 0) is 13.0 Å². The van der Waals surface area contributed by atoms with E-state index in [1.807, 2.05) is 6.92 Å². The summed E-state index contributed by atoms with van der Waals surface area (Å²) in [7, 11) is 0. The topological polar surface area (TPSA) is 75.4 Å². The summed E-state index contributed by atoms with van der Waals surface area (Å²) in [6, 6.07) is 3.81. The molecule has 6 heteroatoms. The molecular weight excluding hydrogens is 263 g/mol. The second-order valence-corrected chi connectivity index (χ2v) is 4.34. The Morgan fingerprint density at radius 3 is 2.95 bits per heavy atom. The van der Waals surface area contributed by atoms with E-state index in [4.69, 9.17) is 4.52 Å². The zero-order valence-electron chi connectivity index (χ0n) is 11.2. The molecule has 0 aliphatic rings. The Balaban J connectivity index is 2.13. The highest BCUT2D eigenvalue weighted by Crippen LogP contribution is 2.21. The number of phenolic OH excluding ortho intramolecular Hbond substituents is 1. The van der Waals surface area contributed by atoms with Crippen LogP contribution in [0.15, 0.2) is 22.7 Å². The number of para-hydroxylation sites is 1. The lowest BCUT2D eigenvalue weighted by molar-refractivity contribution is 0.0947. The van der Waals surface area contributed by atoms with Gasteiger partial charge in [0.15, 0.2) is 11.6 Å². The standard InChI is InChI=1S/C14H15FN2O3/c1-3-12-10(8(2)20-17-12)7-16-14(19)9-5-4-6-11(15)13(9)18/h4-6,18H,3,7H2,1-2H3,(H,16,19). The number of phenols is 1. The SMILES string of the molecule is CCc1noc(C)c1CNC(=O)c1cccc(F)c1O. The third-order valence-electron chi connectivity index (χ3n) is 3.06. The van der Waals surface area contributed by atoms with Gasteiger partial charge in [0.2, 0.25) is 0 Å². The van der Waals surface area contributed by atoms with Crippen molar-refractivity contribution >= 4 is 5.91 Å². The normalized spacial score (nSPS) is 10.6. The summed E-state index contributed by atoms with van der Waals surface area (Å²) < 4.78 is 18.2. The highest BCUT2D eigenvalue weighted by atomic mass is 19.1. The Bertz CT molecular complexity index is 637. The molecule has 2 rings (SSSR count). The molecule has 0 fully saturated rings. The minimum absolute atomic E-state index is 0.0999. The average Bonchev–Trinajstić information content (AvgIpc) is 2.79. The fourth-order valence-corrected chi connectivity index (χ4v) is 1.90. The molecule has 1 aromatic heterocycles. The van der Waals surface area contributed by atoms with E-state index in [2.05, 4.69) is 10.5 Å². The molecule has 0 bridgehead atoms. The van der Waals surface area contributed by atoms with Crippen molar-refractivity contribution in [2.24, 2.45) is 0 Å². The first-order valence-electron chi connectivity index (χ1n) is 6.24. The third-order valence-corrected chi connectivity index (χ3v) is 3.06. The largest absolute Gasteiger partial charge is 0.504 e. The van der Waals surface area contributed by atoms with Gasteiger partial charge in [-0.05, 0) is 25.5 Å². The van der Waals surface area contributed by atoms with Crippen molar-refractivity contribution in [3.8, 4) is 5.75 Å². The quantitative estimate of drug-likeness (QED) is 0.900. The molecule has 5 nitrogen and oxygen atoms in total. The number of aromatic hydroxyl groups is 1. The zero-order valence-corrected chi connectivity index (χ0v) is 11.2. The van der Waals surface area contributed by atoms with Gasteiger partial charge in [-0.3, -0.25) is 4.79 Å². The van der Waals surface area contributed by atoms with Crippen LogP contribution >= 0.6 is 0 Å². The van der Waals surface area contributed by atoms with Gasteiger partial charge in [-0.25, -0.2) is 4.39 Å². The van der Waals surface area contributed by atoms with Crippen LogP contribution in [0, 0.1) is 12.7 Å². The van der Waals surface area contributed by atoms with Crippen molar-refractivity contribution in [3.05, 3.63) is 46.6 Å². The maximum Gasteiger partial charge on any atom is 0.255 e. The molecular formula is C14H15FN2O3. The lowest BCUT2D eigenvalue weighted by atomic mass is 10.1. The van der Waals surface area contributed by atoms with Gasteiger partial charge >= 0.3 is 0 Å². The molecule has 0 saturated heterocycles. The fourth-order valence-electron chi connectivity index (χ4n) is 1.90. The van der Waals surface area contributed by atoms with Crippen LogP contribution in [0.5, 0.6) is 5.75 Å². The van der Waals surface area contributed by atoms with Crippen LogP contribution in [0.1, 0.15) is 34.3 Å².